The number of hydrogen-bond acceptors (Lipinski definition) is 7. The lowest BCUT2D eigenvalue weighted by Crippen LogP contribution is -2.61. The molecule has 2 aromatic carbocycles. The van der Waals surface area contributed by atoms with Gasteiger partial charge in [0.2, 0.25) is 0 Å². The summed E-state index contributed by atoms with van der Waals surface area (Å²) < 4.78 is 23.7. The van der Waals surface area contributed by atoms with Gasteiger partial charge in [0.1, 0.15) is 11.5 Å². The first-order valence-corrected chi connectivity index (χ1v) is 10.0. The van der Waals surface area contributed by atoms with E-state index < -0.39 is 17.5 Å². The molecule has 164 valence electrons. The molecule has 0 spiro atoms. The van der Waals surface area contributed by atoms with Crippen LogP contribution in [0.25, 0.3) is 0 Å². The number of ether oxygens (including phenoxy) is 4. The zero-order valence-corrected chi connectivity index (χ0v) is 17.9. The number of phenols is 2. The Balaban J connectivity index is 2.48. The number of esters is 1. The van der Waals surface area contributed by atoms with Gasteiger partial charge in [-0.15, -0.1) is 0 Å². The lowest BCUT2D eigenvalue weighted by atomic mass is 9.92. The normalized spacial score (nSPS) is 13.6. The van der Waals surface area contributed by atoms with Gasteiger partial charge in [0, 0.05) is 26.2 Å². The fraction of sp³-hybridized carbons (Fsp3) is 0.435. The van der Waals surface area contributed by atoms with E-state index in [2.05, 4.69) is 0 Å². The third-order valence-corrected chi connectivity index (χ3v) is 4.55. The van der Waals surface area contributed by atoms with Crippen LogP contribution in [0.3, 0.4) is 0 Å². The topological polar surface area (TPSA) is 94.5 Å². The van der Waals surface area contributed by atoms with E-state index in [1.807, 2.05) is 0 Å². The van der Waals surface area contributed by atoms with Crippen molar-refractivity contribution in [3.63, 3.8) is 0 Å². The third kappa shape index (κ3) is 5.50. The number of aromatic hydroxyl groups is 2. The van der Waals surface area contributed by atoms with E-state index in [1.165, 1.54) is 24.3 Å². The van der Waals surface area contributed by atoms with E-state index in [0.717, 1.165) is 5.56 Å². The highest BCUT2D eigenvalue weighted by Gasteiger charge is 2.55. The van der Waals surface area contributed by atoms with Gasteiger partial charge in [0.05, 0.1) is 5.56 Å². The molecule has 0 radical (unpaired) electrons. The van der Waals surface area contributed by atoms with Gasteiger partial charge in [-0.2, -0.15) is 0 Å². The van der Waals surface area contributed by atoms with Gasteiger partial charge in [-0.25, -0.2) is 4.79 Å². The van der Waals surface area contributed by atoms with Gasteiger partial charge < -0.3 is 29.2 Å². The molecule has 1 atom stereocenters. The van der Waals surface area contributed by atoms with Crippen LogP contribution in [-0.4, -0.2) is 47.6 Å². The molecule has 7 heteroatoms. The molecule has 0 aliphatic heterocycles. The summed E-state index contributed by atoms with van der Waals surface area (Å²) in [5.41, 5.74) is -0.318. The Kier molecular flexibility index (Phi) is 8.23. The Bertz CT molecular complexity index is 784. The quantitative estimate of drug-likeness (QED) is 0.420. The minimum atomic E-state index is -1.64. The van der Waals surface area contributed by atoms with Crippen LogP contribution < -0.4 is 0 Å². The molecule has 0 fully saturated rings. The van der Waals surface area contributed by atoms with Crippen molar-refractivity contribution < 1.29 is 34.0 Å². The molecule has 7 nitrogen and oxygen atoms in total. The van der Waals surface area contributed by atoms with Crippen molar-refractivity contribution in [3.8, 4) is 11.5 Å². The molecule has 0 heterocycles. The SMILES string of the molecule is CCOC(OCC)(OCC)C(C)(Cc1ccc(O)cc1)OC(=O)c1ccc(O)cc1. The molecule has 1 unspecified atom stereocenters. The summed E-state index contributed by atoms with van der Waals surface area (Å²) in [6, 6.07) is 12.4. The van der Waals surface area contributed by atoms with Crippen LogP contribution in [0, 0.1) is 0 Å². The second-order valence-corrected chi connectivity index (χ2v) is 6.87. The summed E-state index contributed by atoms with van der Waals surface area (Å²) in [5.74, 6) is -2.08. The molecular weight excluding hydrogens is 388 g/mol. The van der Waals surface area contributed by atoms with Crippen LogP contribution in [0.15, 0.2) is 48.5 Å². The molecule has 0 amide bonds. The Morgan fingerprint density at radius 3 is 1.67 bits per heavy atom. The zero-order valence-electron chi connectivity index (χ0n) is 17.9. The van der Waals surface area contributed by atoms with Crippen LogP contribution in [0.2, 0.25) is 0 Å². The molecule has 0 saturated carbocycles. The Hall–Kier alpha value is -2.61. The summed E-state index contributed by atoms with van der Waals surface area (Å²) in [4.78, 5) is 13.0. The predicted molar refractivity (Wildman–Crippen MR) is 111 cm³/mol. The fourth-order valence-corrected chi connectivity index (χ4v) is 3.22. The van der Waals surface area contributed by atoms with Crippen molar-refractivity contribution in [2.24, 2.45) is 0 Å². The average Bonchev–Trinajstić information content (AvgIpc) is 2.70. The maximum Gasteiger partial charge on any atom is 0.338 e. The van der Waals surface area contributed by atoms with Crippen molar-refractivity contribution >= 4 is 5.97 Å². The van der Waals surface area contributed by atoms with Crippen molar-refractivity contribution in [2.45, 2.75) is 45.7 Å². The second kappa shape index (κ2) is 10.4. The second-order valence-electron chi connectivity index (χ2n) is 6.87. The molecule has 2 rings (SSSR count). The van der Waals surface area contributed by atoms with Crippen LogP contribution in [0.5, 0.6) is 11.5 Å². The lowest BCUT2D eigenvalue weighted by Gasteiger charge is -2.45. The maximum atomic E-state index is 13.0. The van der Waals surface area contributed by atoms with Gasteiger partial charge in [-0.05, 0) is 69.7 Å². The first kappa shape index (κ1) is 23.7. The molecule has 0 aliphatic rings. The van der Waals surface area contributed by atoms with Gasteiger partial charge in [-0.1, -0.05) is 12.1 Å². The van der Waals surface area contributed by atoms with Gasteiger partial charge in [-0.3, -0.25) is 0 Å². The fourth-order valence-electron chi connectivity index (χ4n) is 3.22. The first-order chi connectivity index (χ1) is 14.3. The number of rotatable bonds is 11. The van der Waals surface area contributed by atoms with Crippen LogP contribution >= 0.6 is 0 Å². The van der Waals surface area contributed by atoms with E-state index in [4.69, 9.17) is 18.9 Å². The van der Waals surface area contributed by atoms with Gasteiger partial charge >= 0.3 is 11.9 Å². The van der Waals surface area contributed by atoms with Crippen molar-refractivity contribution in [1.29, 1.82) is 0 Å². The van der Waals surface area contributed by atoms with Gasteiger partial charge in [0.15, 0.2) is 5.60 Å². The van der Waals surface area contributed by atoms with Crippen LogP contribution in [0.4, 0.5) is 0 Å². The van der Waals surface area contributed by atoms with Crippen LogP contribution in [0.1, 0.15) is 43.6 Å². The van der Waals surface area contributed by atoms with E-state index >= 15 is 0 Å². The molecular formula is C23H30O7. The highest BCUT2D eigenvalue weighted by atomic mass is 16.9. The zero-order chi connectivity index (χ0) is 22.2. The third-order valence-electron chi connectivity index (χ3n) is 4.55. The summed E-state index contributed by atoms with van der Waals surface area (Å²) in [6.07, 6.45) is 0.205. The van der Waals surface area contributed by atoms with Crippen LogP contribution in [-0.2, 0) is 25.4 Å². The summed E-state index contributed by atoms with van der Waals surface area (Å²) in [7, 11) is 0. The summed E-state index contributed by atoms with van der Waals surface area (Å²) >= 11 is 0. The molecule has 2 aromatic rings. The van der Waals surface area contributed by atoms with Crippen molar-refractivity contribution in [3.05, 3.63) is 59.7 Å². The molecule has 0 aromatic heterocycles. The molecule has 30 heavy (non-hydrogen) atoms. The highest BCUT2D eigenvalue weighted by molar-refractivity contribution is 5.89. The Morgan fingerprint density at radius 2 is 1.23 bits per heavy atom. The molecule has 0 saturated heterocycles. The predicted octanol–water partition coefficient (Wildman–Crippen LogP) is 4.02. The lowest BCUT2D eigenvalue weighted by molar-refractivity contribution is -0.433. The van der Waals surface area contributed by atoms with E-state index in [9.17, 15) is 15.0 Å². The first-order valence-electron chi connectivity index (χ1n) is 10.0. The van der Waals surface area contributed by atoms with E-state index in [0.29, 0.717) is 0 Å². The number of carbonyl (C=O) groups is 1. The van der Waals surface area contributed by atoms with Crippen molar-refractivity contribution in [2.75, 3.05) is 19.8 Å². The summed E-state index contributed by atoms with van der Waals surface area (Å²) in [5, 5.41) is 19.1. The minimum Gasteiger partial charge on any atom is -0.508 e. The monoisotopic (exact) mass is 418 g/mol. The number of carbonyl (C=O) groups excluding carboxylic acids is 1. The van der Waals surface area contributed by atoms with E-state index in [1.54, 1.807) is 52.0 Å². The highest BCUT2D eigenvalue weighted by Crippen LogP contribution is 2.37. The smallest absolute Gasteiger partial charge is 0.338 e. The average molecular weight is 418 g/mol. The maximum absolute atomic E-state index is 13.0. The summed E-state index contributed by atoms with van der Waals surface area (Å²) in [6.45, 7) is 7.89. The Morgan fingerprint density at radius 1 is 0.800 bits per heavy atom. The number of hydrogen-bond donors (Lipinski definition) is 2. The number of phenolic OH excluding ortho intramolecular Hbond substituents is 2. The minimum absolute atomic E-state index is 0.0469. The molecule has 2 N–H and O–H groups in total. The van der Waals surface area contributed by atoms with E-state index in [-0.39, 0.29) is 43.3 Å². The Labute approximate surface area is 177 Å². The number of benzene rings is 2. The standard InChI is InChI=1S/C23H30O7/c1-5-27-23(28-6-2,29-7-3)22(4,16-17-8-12-19(24)13-9-17)30-21(26)18-10-14-20(25)15-11-18/h8-15,24-25H,5-7,16H2,1-4H3. The van der Waals surface area contributed by atoms with Gasteiger partial charge in [0.25, 0.3) is 0 Å². The largest absolute Gasteiger partial charge is 0.508 e. The van der Waals surface area contributed by atoms with Crippen molar-refractivity contribution in [1.82, 2.24) is 0 Å². The molecule has 0 bridgehead atoms. The molecule has 0 aliphatic carbocycles.